The third kappa shape index (κ3) is 2.99. The van der Waals surface area contributed by atoms with Crippen LogP contribution in [0.25, 0.3) is 0 Å². The van der Waals surface area contributed by atoms with Crippen LogP contribution in [-0.4, -0.2) is 11.1 Å². The van der Waals surface area contributed by atoms with Crippen molar-refractivity contribution in [3.05, 3.63) is 23.9 Å². The van der Waals surface area contributed by atoms with Crippen LogP contribution in [0.3, 0.4) is 0 Å². The van der Waals surface area contributed by atoms with E-state index in [1.165, 1.54) is 31.2 Å². The molecule has 1 aromatic heterocycles. The summed E-state index contributed by atoms with van der Waals surface area (Å²) in [5.74, 6) is 2.18. The number of pyridine rings is 1. The van der Waals surface area contributed by atoms with E-state index < -0.39 is 0 Å². The lowest BCUT2D eigenvalue weighted by molar-refractivity contribution is 0.193. The molecule has 0 amide bonds. The van der Waals surface area contributed by atoms with Crippen molar-refractivity contribution in [3.63, 3.8) is 0 Å². The van der Waals surface area contributed by atoms with Crippen molar-refractivity contribution in [2.75, 3.05) is 0 Å². The van der Waals surface area contributed by atoms with Gasteiger partial charge in [-0.05, 0) is 37.2 Å². The van der Waals surface area contributed by atoms with Gasteiger partial charge in [-0.1, -0.05) is 33.3 Å². The summed E-state index contributed by atoms with van der Waals surface area (Å²) in [6.45, 7) is 6.65. The summed E-state index contributed by atoms with van der Waals surface area (Å²) >= 11 is 0. The number of hydrogen-bond donors (Lipinski definition) is 0. The smallest absolute Gasteiger partial charge is 0.217 e. The van der Waals surface area contributed by atoms with Gasteiger partial charge in [0.2, 0.25) is 5.88 Å². The highest BCUT2D eigenvalue weighted by atomic mass is 16.5. The topological polar surface area (TPSA) is 22.1 Å². The molecule has 94 valence electrons. The lowest BCUT2D eigenvalue weighted by Crippen LogP contribution is -2.14. The van der Waals surface area contributed by atoms with Gasteiger partial charge >= 0.3 is 0 Å². The number of ether oxygens (including phenoxy) is 1. The number of rotatable bonds is 4. The minimum atomic E-state index is 0.382. The van der Waals surface area contributed by atoms with Gasteiger partial charge in [-0.2, -0.15) is 0 Å². The van der Waals surface area contributed by atoms with E-state index in [-0.39, 0.29) is 0 Å². The average Bonchev–Trinajstić information content (AvgIpc) is 2.77. The molecule has 2 heteroatoms. The van der Waals surface area contributed by atoms with Gasteiger partial charge in [-0.15, -0.1) is 0 Å². The van der Waals surface area contributed by atoms with Gasteiger partial charge in [0.25, 0.3) is 0 Å². The van der Waals surface area contributed by atoms with Crippen LogP contribution in [-0.2, 0) is 0 Å². The summed E-state index contributed by atoms with van der Waals surface area (Å²) in [5, 5.41) is 0. The molecule has 1 heterocycles. The molecule has 0 unspecified atom stereocenters. The van der Waals surface area contributed by atoms with Crippen molar-refractivity contribution in [2.45, 2.75) is 58.5 Å². The van der Waals surface area contributed by atoms with Crippen LogP contribution in [0.1, 0.15) is 57.9 Å². The van der Waals surface area contributed by atoms with Gasteiger partial charge in [0.05, 0.1) is 0 Å². The molecule has 17 heavy (non-hydrogen) atoms. The van der Waals surface area contributed by atoms with Gasteiger partial charge in [-0.25, -0.2) is 4.98 Å². The first-order chi connectivity index (χ1) is 8.20. The first kappa shape index (κ1) is 12.4. The highest BCUT2D eigenvalue weighted by Gasteiger charge is 2.25. The molecule has 0 saturated heterocycles. The van der Waals surface area contributed by atoms with Crippen LogP contribution >= 0.6 is 0 Å². The molecule has 0 bridgehead atoms. The molecule has 0 N–H and O–H groups in total. The van der Waals surface area contributed by atoms with E-state index in [2.05, 4.69) is 31.8 Å². The van der Waals surface area contributed by atoms with Gasteiger partial charge < -0.3 is 4.74 Å². The van der Waals surface area contributed by atoms with Crippen LogP contribution in [0, 0.1) is 5.92 Å². The predicted molar refractivity (Wildman–Crippen MR) is 70.4 cm³/mol. The fraction of sp³-hybridized carbons (Fsp3) is 0.667. The van der Waals surface area contributed by atoms with E-state index in [1.54, 1.807) is 0 Å². The third-order valence-corrected chi connectivity index (χ3v) is 3.77. The van der Waals surface area contributed by atoms with E-state index in [9.17, 15) is 0 Å². The molecule has 2 rings (SSSR count). The maximum atomic E-state index is 6.09. The van der Waals surface area contributed by atoms with E-state index in [1.807, 2.05) is 12.3 Å². The second kappa shape index (κ2) is 5.52. The van der Waals surface area contributed by atoms with Crippen molar-refractivity contribution >= 4 is 0 Å². The number of hydrogen-bond acceptors (Lipinski definition) is 2. The van der Waals surface area contributed by atoms with Crippen LogP contribution in [0.4, 0.5) is 0 Å². The Labute approximate surface area is 104 Å². The molecule has 0 aromatic carbocycles. The first-order valence-corrected chi connectivity index (χ1v) is 6.82. The Kier molecular flexibility index (Phi) is 4.03. The molecule has 1 aliphatic carbocycles. The Hall–Kier alpha value is -1.05. The minimum absolute atomic E-state index is 0.382. The average molecular weight is 233 g/mol. The normalized spacial score (nSPS) is 24.2. The fourth-order valence-corrected chi connectivity index (χ4v) is 2.61. The maximum Gasteiger partial charge on any atom is 0.217 e. The second-order valence-electron chi connectivity index (χ2n) is 5.38. The summed E-state index contributed by atoms with van der Waals surface area (Å²) < 4.78 is 6.09. The molecular weight excluding hydrogens is 210 g/mol. The van der Waals surface area contributed by atoms with E-state index >= 15 is 0 Å². The van der Waals surface area contributed by atoms with Crippen LogP contribution in [0.5, 0.6) is 5.88 Å². The van der Waals surface area contributed by atoms with Crippen molar-refractivity contribution in [3.8, 4) is 5.88 Å². The highest BCUT2D eigenvalue weighted by molar-refractivity contribution is 5.28. The summed E-state index contributed by atoms with van der Waals surface area (Å²) in [6.07, 6.45) is 7.18. The molecule has 0 spiro atoms. The minimum Gasteiger partial charge on any atom is -0.474 e. The largest absolute Gasteiger partial charge is 0.474 e. The molecule has 2 atom stereocenters. The zero-order valence-corrected chi connectivity index (χ0v) is 11.1. The van der Waals surface area contributed by atoms with Gasteiger partial charge in [-0.3, -0.25) is 0 Å². The van der Waals surface area contributed by atoms with Crippen LogP contribution < -0.4 is 4.74 Å². The molecule has 0 radical (unpaired) electrons. The second-order valence-corrected chi connectivity index (χ2v) is 5.38. The number of aromatic nitrogens is 1. The standard InChI is InChI=1S/C15H23NO/c1-4-12-7-8-13(10-12)17-15-14(11(2)3)6-5-9-16-15/h5-6,9,11-13H,4,7-8,10H2,1-3H3/t12-,13+/m0/s1. The predicted octanol–water partition coefficient (Wildman–Crippen LogP) is 4.16. The Bertz CT molecular complexity index is 362. The van der Waals surface area contributed by atoms with Crippen LogP contribution in [0.2, 0.25) is 0 Å². The van der Waals surface area contributed by atoms with E-state index in [0.717, 1.165) is 11.8 Å². The van der Waals surface area contributed by atoms with Gasteiger partial charge in [0.1, 0.15) is 6.10 Å². The molecule has 1 saturated carbocycles. The summed E-state index contributed by atoms with van der Waals surface area (Å²) in [6, 6.07) is 4.12. The quantitative estimate of drug-likeness (QED) is 0.779. The zero-order chi connectivity index (χ0) is 12.3. The van der Waals surface area contributed by atoms with Crippen molar-refractivity contribution < 1.29 is 4.74 Å². The Morgan fingerprint density at radius 3 is 2.88 bits per heavy atom. The van der Waals surface area contributed by atoms with Crippen LogP contribution in [0.15, 0.2) is 18.3 Å². The Morgan fingerprint density at radius 1 is 1.41 bits per heavy atom. The van der Waals surface area contributed by atoms with Gasteiger partial charge in [0.15, 0.2) is 0 Å². The Balaban J connectivity index is 2.04. The van der Waals surface area contributed by atoms with E-state index in [4.69, 9.17) is 4.74 Å². The third-order valence-electron chi connectivity index (χ3n) is 3.77. The monoisotopic (exact) mass is 233 g/mol. The molecule has 1 fully saturated rings. The number of nitrogens with zero attached hydrogens (tertiary/aromatic N) is 1. The summed E-state index contributed by atoms with van der Waals surface area (Å²) in [7, 11) is 0. The zero-order valence-electron chi connectivity index (χ0n) is 11.1. The summed E-state index contributed by atoms with van der Waals surface area (Å²) in [5.41, 5.74) is 1.23. The molecule has 0 aliphatic heterocycles. The van der Waals surface area contributed by atoms with Crippen molar-refractivity contribution in [1.82, 2.24) is 4.98 Å². The van der Waals surface area contributed by atoms with Gasteiger partial charge in [0, 0.05) is 11.8 Å². The Morgan fingerprint density at radius 2 is 2.24 bits per heavy atom. The lowest BCUT2D eigenvalue weighted by atomic mass is 10.1. The van der Waals surface area contributed by atoms with Crippen molar-refractivity contribution in [1.29, 1.82) is 0 Å². The SMILES string of the molecule is CC[C@H]1CC[C@@H](Oc2ncccc2C(C)C)C1. The maximum absolute atomic E-state index is 6.09. The molecule has 1 aromatic rings. The highest BCUT2D eigenvalue weighted by Crippen LogP contribution is 2.32. The molecule has 2 nitrogen and oxygen atoms in total. The molecular formula is C15H23NO. The lowest BCUT2D eigenvalue weighted by Gasteiger charge is -2.17. The van der Waals surface area contributed by atoms with Crippen molar-refractivity contribution in [2.24, 2.45) is 5.92 Å². The fourth-order valence-electron chi connectivity index (χ4n) is 2.61. The first-order valence-electron chi connectivity index (χ1n) is 6.82. The summed E-state index contributed by atoms with van der Waals surface area (Å²) in [4.78, 5) is 4.39. The molecule has 1 aliphatic rings. The van der Waals surface area contributed by atoms with E-state index in [0.29, 0.717) is 12.0 Å².